The smallest absolute Gasteiger partial charge is 0.122 e. The van der Waals surface area contributed by atoms with Gasteiger partial charge in [0.15, 0.2) is 0 Å². The van der Waals surface area contributed by atoms with E-state index in [2.05, 4.69) is 44.3 Å². The summed E-state index contributed by atoms with van der Waals surface area (Å²) >= 11 is 1.87. The van der Waals surface area contributed by atoms with Crippen molar-refractivity contribution in [2.24, 2.45) is 0 Å². The van der Waals surface area contributed by atoms with Crippen LogP contribution < -0.4 is 10.1 Å². The number of aryl methyl sites for hydroxylation is 2. The van der Waals surface area contributed by atoms with Crippen LogP contribution in [0.15, 0.2) is 30.3 Å². The highest BCUT2D eigenvalue weighted by Gasteiger charge is 2.09. The van der Waals surface area contributed by atoms with Gasteiger partial charge >= 0.3 is 0 Å². The van der Waals surface area contributed by atoms with Gasteiger partial charge in [0.1, 0.15) is 5.75 Å². The molecule has 2 aromatic rings. The molecule has 1 N–H and O–H groups in total. The molecule has 0 amide bonds. The van der Waals surface area contributed by atoms with Crippen LogP contribution in [0.2, 0.25) is 0 Å². The standard InChI is InChI=1S/C17H23NOS/c1-12(9-15-7-5-6-8-17(15)19-4)18-11-16-10-13(2)20-14(16)3/h5-8,10,12,18H,9,11H2,1-4H3. The molecule has 0 radical (unpaired) electrons. The molecule has 20 heavy (non-hydrogen) atoms. The number of para-hydroxylation sites is 1. The van der Waals surface area contributed by atoms with Gasteiger partial charge in [-0.3, -0.25) is 0 Å². The Morgan fingerprint density at radius 2 is 1.95 bits per heavy atom. The van der Waals surface area contributed by atoms with Crippen molar-refractivity contribution < 1.29 is 4.74 Å². The maximum absolute atomic E-state index is 5.41. The highest BCUT2D eigenvalue weighted by Crippen LogP contribution is 2.21. The highest BCUT2D eigenvalue weighted by molar-refractivity contribution is 7.12. The lowest BCUT2D eigenvalue weighted by molar-refractivity contribution is 0.406. The molecule has 0 saturated carbocycles. The summed E-state index contributed by atoms with van der Waals surface area (Å²) in [4.78, 5) is 2.80. The minimum absolute atomic E-state index is 0.422. The fourth-order valence-electron chi connectivity index (χ4n) is 2.42. The highest BCUT2D eigenvalue weighted by atomic mass is 32.1. The average molecular weight is 289 g/mol. The van der Waals surface area contributed by atoms with E-state index in [1.807, 2.05) is 23.5 Å². The summed E-state index contributed by atoms with van der Waals surface area (Å²) in [5.74, 6) is 0.976. The molecule has 0 fully saturated rings. The summed E-state index contributed by atoms with van der Waals surface area (Å²) in [6.45, 7) is 7.52. The van der Waals surface area contributed by atoms with Gasteiger partial charge < -0.3 is 10.1 Å². The van der Waals surface area contributed by atoms with Crippen LogP contribution in [0.4, 0.5) is 0 Å². The largest absolute Gasteiger partial charge is 0.496 e. The van der Waals surface area contributed by atoms with Gasteiger partial charge in [0.2, 0.25) is 0 Å². The first kappa shape index (κ1) is 15.1. The summed E-state index contributed by atoms with van der Waals surface area (Å²) in [5.41, 5.74) is 2.67. The number of hydrogen-bond acceptors (Lipinski definition) is 3. The van der Waals surface area contributed by atoms with Crippen LogP contribution >= 0.6 is 11.3 Å². The van der Waals surface area contributed by atoms with E-state index in [0.29, 0.717) is 6.04 Å². The van der Waals surface area contributed by atoms with Gasteiger partial charge in [0.05, 0.1) is 7.11 Å². The van der Waals surface area contributed by atoms with E-state index < -0.39 is 0 Å². The van der Waals surface area contributed by atoms with Gasteiger partial charge in [-0.05, 0) is 50.5 Å². The van der Waals surface area contributed by atoms with Gasteiger partial charge in [-0.1, -0.05) is 18.2 Å². The van der Waals surface area contributed by atoms with Crippen LogP contribution in [0.5, 0.6) is 5.75 Å². The summed E-state index contributed by atoms with van der Waals surface area (Å²) in [6.07, 6.45) is 0.978. The number of thiophene rings is 1. The maximum atomic E-state index is 5.41. The first-order valence-corrected chi connectivity index (χ1v) is 7.83. The van der Waals surface area contributed by atoms with E-state index in [0.717, 1.165) is 18.7 Å². The summed E-state index contributed by atoms with van der Waals surface area (Å²) in [6, 6.07) is 10.9. The molecular formula is C17H23NOS. The molecule has 0 aliphatic rings. The second kappa shape index (κ2) is 6.91. The Labute approximate surface area is 125 Å². The zero-order valence-electron chi connectivity index (χ0n) is 12.7. The normalized spacial score (nSPS) is 12.4. The lowest BCUT2D eigenvalue weighted by Gasteiger charge is -2.15. The predicted octanol–water partition coefficient (Wildman–Crippen LogP) is 4.09. The lowest BCUT2D eigenvalue weighted by Crippen LogP contribution is -2.27. The molecule has 108 valence electrons. The third-order valence-corrected chi connectivity index (χ3v) is 4.51. The lowest BCUT2D eigenvalue weighted by atomic mass is 10.1. The molecule has 1 aromatic heterocycles. The number of methoxy groups -OCH3 is 1. The molecule has 0 saturated heterocycles. The van der Waals surface area contributed by atoms with Crippen LogP contribution in [0, 0.1) is 13.8 Å². The van der Waals surface area contributed by atoms with Crippen molar-refractivity contribution in [3.05, 3.63) is 51.2 Å². The third-order valence-electron chi connectivity index (χ3n) is 3.50. The second-order valence-corrected chi connectivity index (χ2v) is 6.70. The van der Waals surface area contributed by atoms with Crippen molar-refractivity contribution in [1.82, 2.24) is 5.32 Å². The van der Waals surface area contributed by atoms with E-state index in [9.17, 15) is 0 Å². The monoisotopic (exact) mass is 289 g/mol. The van der Waals surface area contributed by atoms with Crippen LogP contribution in [0.25, 0.3) is 0 Å². The number of ether oxygens (including phenoxy) is 1. The molecule has 1 unspecified atom stereocenters. The minimum atomic E-state index is 0.422. The quantitative estimate of drug-likeness (QED) is 0.864. The average Bonchev–Trinajstić information content (AvgIpc) is 2.75. The Balaban J connectivity index is 1.92. The van der Waals surface area contributed by atoms with Gasteiger partial charge in [-0.2, -0.15) is 0 Å². The molecule has 2 rings (SSSR count). The van der Waals surface area contributed by atoms with Crippen LogP contribution in [-0.4, -0.2) is 13.2 Å². The fraction of sp³-hybridized carbons (Fsp3) is 0.412. The molecule has 0 bridgehead atoms. The van der Waals surface area contributed by atoms with Gasteiger partial charge in [0.25, 0.3) is 0 Å². The second-order valence-electron chi connectivity index (χ2n) is 5.24. The van der Waals surface area contributed by atoms with E-state index >= 15 is 0 Å². The van der Waals surface area contributed by atoms with E-state index in [1.54, 1.807) is 7.11 Å². The zero-order valence-corrected chi connectivity index (χ0v) is 13.5. The molecule has 0 spiro atoms. The Hall–Kier alpha value is -1.32. The van der Waals surface area contributed by atoms with Gasteiger partial charge in [0, 0.05) is 22.3 Å². The van der Waals surface area contributed by atoms with Crippen LogP contribution in [0.3, 0.4) is 0 Å². The fourth-order valence-corrected chi connectivity index (χ4v) is 3.36. The minimum Gasteiger partial charge on any atom is -0.496 e. The van der Waals surface area contributed by atoms with Crippen molar-refractivity contribution in [2.45, 2.75) is 39.8 Å². The molecule has 1 heterocycles. The Morgan fingerprint density at radius 1 is 1.20 bits per heavy atom. The van der Waals surface area contributed by atoms with Gasteiger partial charge in [-0.25, -0.2) is 0 Å². The molecule has 2 nitrogen and oxygen atoms in total. The molecule has 0 aliphatic carbocycles. The zero-order chi connectivity index (χ0) is 14.5. The third kappa shape index (κ3) is 3.84. The van der Waals surface area contributed by atoms with Crippen LogP contribution in [-0.2, 0) is 13.0 Å². The van der Waals surface area contributed by atoms with Crippen molar-refractivity contribution in [2.75, 3.05) is 7.11 Å². The number of rotatable bonds is 6. The first-order chi connectivity index (χ1) is 9.60. The Kier molecular flexibility index (Phi) is 5.21. The van der Waals surface area contributed by atoms with E-state index in [1.165, 1.54) is 20.9 Å². The predicted molar refractivity (Wildman–Crippen MR) is 86.8 cm³/mol. The first-order valence-electron chi connectivity index (χ1n) is 7.01. The van der Waals surface area contributed by atoms with E-state index in [4.69, 9.17) is 4.74 Å². The molecule has 0 aliphatic heterocycles. The maximum Gasteiger partial charge on any atom is 0.122 e. The molecule has 1 aromatic carbocycles. The van der Waals surface area contributed by atoms with Crippen LogP contribution in [0.1, 0.15) is 27.8 Å². The number of benzene rings is 1. The SMILES string of the molecule is COc1ccccc1CC(C)NCc1cc(C)sc1C. The number of nitrogens with one attached hydrogen (secondary N) is 1. The van der Waals surface area contributed by atoms with Crippen molar-refractivity contribution in [3.8, 4) is 5.75 Å². The summed E-state index contributed by atoms with van der Waals surface area (Å²) in [7, 11) is 1.73. The summed E-state index contributed by atoms with van der Waals surface area (Å²) in [5, 5.41) is 3.60. The van der Waals surface area contributed by atoms with Gasteiger partial charge in [-0.15, -0.1) is 11.3 Å². The summed E-state index contributed by atoms with van der Waals surface area (Å²) < 4.78 is 5.41. The molecular weight excluding hydrogens is 266 g/mol. The van der Waals surface area contributed by atoms with Crippen molar-refractivity contribution >= 4 is 11.3 Å². The molecule has 3 heteroatoms. The molecule has 1 atom stereocenters. The number of hydrogen-bond donors (Lipinski definition) is 1. The van der Waals surface area contributed by atoms with Crippen molar-refractivity contribution in [1.29, 1.82) is 0 Å². The topological polar surface area (TPSA) is 21.3 Å². The Bertz CT molecular complexity index is 562. The van der Waals surface area contributed by atoms with Crippen molar-refractivity contribution in [3.63, 3.8) is 0 Å². The Morgan fingerprint density at radius 3 is 2.60 bits per heavy atom. The van der Waals surface area contributed by atoms with E-state index in [-0.39, 0.29) is 0 Å².